The lowest BCUT2D eigenvalue weighted by molar-refractivity contribution is -0.196. The summed E-state index contributed by atoms with van der Waals surface area (Å²) in [5.41, 5.74) is 0. The summed E-state index contributed by atoms with van der Waals surface area (Å²) >= 11 is 0. The van der Waals surface area contributed by atoms with Crippen molar-refractivity contribution < 1.29 is 41.1 Å². The highest BCUT2D eigenvalue weighted by atomic mass is 19.4. The van der Waals surface area contributed by atoms with E-state index in [-0.39, 0.29) is 37.5 Å². The highest BCUT2D eigenvalue weighted by Gasteiger charge is 2.61. The van der Waals surface area contributed by atoms with Crippen molar-refractivity contribution in [2.75, 3.05) is 6.54 Å². The van der Waals surface area contributed by atoms with E-state index < -0.39 is 72.2 Å². The fourth-order valence-electron chi connectivity index (χ4n) is 6.27. The van der Waals surface area contributed by atoms with Gasteiger partial charge < -0.3 is 20.9 Å². The molecule has 2 saturated carbocycles. The zero-order valence-corrected chi connectivity index (χ0v) is 21.2. The molecule has 5 aliphatic rings. The van der Waals surface area contributed by atoms with Gasteiger partial charge in [-0.2, -0.15) is 18.4 Å². The number of fused-ring (bicyclic) bond motifs is 3. The summed E-state index contributed by atoms with van der Waals surface area (Å²) in [6.07, 6.45) is -2.84. The summed E-state index contributed by atoms with van der Waals surface area (Å²) in [5.74, 6) is -10.2. The van der Waals surface area contributed by atoms with Gasteiger partial charge in [-0.1, -0.05) is 19.3 Å². The second kappa shape index (κ2) is 11.3. The van der Waals surface area contributed by atoms with Gasteiger partial charge in [0.1, 0.15) is 18.1 Å². The first-order valence-electron chi connectivity index (χ1n) is 13.4. The number of rotatable bonds is 8. The largest absolute Gasteiger partial charge is 0.471 e. The summed E-state index contributed by atoms with van der Waals surface area (Å²) in [5, 5.41) is 16.4. The van der Waals surface area contributed by atoms with E-state index in [0.29, 0.717) is 32.2 Å². The van der Waals surface area contributed by atoms with Crippen LogP contribution in [0.1, 0.15) is 64.2 Å². The Kier molecular flexibility index (Phi) is 8.37. The molecule has 14 heteroatoms. The first-order valence-corrected chi connectivity index (χ1v) is 13.4. The predicted molar refractivity (Wildman–Crippen MR) is 125 cm³/mol. The average molecular weight is 562 g/mol. The number of amides is 4. The summed E-state index contributed by atoms with van der Waals surface area (Å²) < 4.78 is 69.1. The Hall–Kier alpha value is -2.98. The van der Waals surface area contributed by atoms with Crippen molar-refractivity contribution >= 4 is 23.6 Å². The smallest absolute Gasteiger partial charge is 0.356 e. The molecule has 0 unspecified atom stereocenters. The van der Waals surface area contributed by atoms with Crippen LogP contribution in [-0.4, -0.2) is 71.3 Å². The highest BCUT2D eigenvalue weighted by molar-refractivity contribution is 5.94. The van der Waals surface area contributed by atoms with Crippen LogP contribution in [0.5, 0.6) is 0 Å². The van der Waals surface area contributed by atoms with Gasteiger partial charge in [0.15, 0.2) is 0 Å². The molecule has 0 aromatic carbocycles. The Morgan fingerprint density at radius 1 is 1.08 bits per heavy atom. The zero-order chi connectivity index (χ0) is 28.5. The third-order valence-corrected chi connectivity index (χ3v) is 8.51. The molecule has 216 valence electrons. The molecule has 3 aliphatic heterocycles. The number of nitrogens with zero attached hydrogens (tertiary/aromatic N) is 2. The van der Waals surface area contributed by atoms with Gasteiger partial charge >= 0.3 is 12.1 Å². The van der Waals surface area contributed by atoms with Gasteiger partial charge in [0.05, 0.1) is 12.0 Å². The van der Waals surface area contributed by atoms with E-state index in [4.69, 9.17) is 0 Å². The van der Waals surface area contributed by atoms with Crippen LogP contribution >= 0.6 is 0 Å². The van der Waals surface area contributed by atoms with Crippen LogP contribution in [0.15, 0.2) is 0 Å². The molecule has 0 radical (unpaired) electrons. The molecule has 0 aromatic rings. The Labute approximate surface area is 222 Å². The molecular weight excluding hydrogens is 529 g/mol. The fraction of sp³-hybridized carbons (Fsp3) is 0.800. The van der Waals surface area contributed by atoms with E-state index in [0.717, 1.165) is 11.3 Å². The van der Waals surface area contributed by atoms with Crippen molar-refractivity contribution in [3.05, 3.63) is 0 Å². The number of alkyl halides is 5. The zero-order valence-electron chi connectivity index (χ0n) is 21.2. The molecule has 3 heterocycles. The van der Waals surface area contributed by atoms with Gasteiger partial charge in [-0.05, 0) is 44.4 Å². The maximum Gasteiger partial charge on any atom is 0.471 e. The minimum absolute atomic E-state index is 0.0504. The molecule has 5 rings (SSSR count). The molecule has 0 aromatic heterocycles. The quantitative estimate of drug-likeness (QED) is 0.391. The standard InChI is InChI=1S/C25H32F5N5O4/c26-24(27)11-16-6-7-17(24)19(21(37)33-15(12-31)10-14-5-2-8-32-20(14)36)35(16)22(38)18(9-13-3-1-4-13)34-23(39)25(28,29)30/h13-19H,1-11H2,(H,32,36)(H,33,37)(H,34,39)/t14-,15+,16+,17+,18+,19-/m1/s1. The van der Waals surface area contributed by atoms with E-state index in [1.165, 1.54) is 0 Å². The second-order valence-corrected chi connectivity index (χ2v) is 11.1. The van der Waals surface area contributed by atoms with Gasteiger partial charge in [0.2, 0.25) is 17.7 Å². The monoisotopic (exact) mass is 561 g/mol. The van der Waals surface area contributed by atoms with Crippen LogP contribution in [0.3, 0.4) is 0 Å². The number of nitriles is 1. The Balaban J connectivity index is 1.57. The van der Waals surface area contributed by atoms with Gasteiger partial charge in [0, 0.05) is 24.9 Å². The number of piperidine rings is 3. The second-order valence-electron chi connectivity index (χ2n) is 11.1. The summed E-state index contributed by atoms with van der Waals surface area (Å²) in [4.78, 5) is 51.9. The van der Waals surface area contributed by atoms with Crippen molar-refractivity contribution in [2.24, 2.45) is 17.8 Å². The number of carbonyl (C=O) groups excluding carboxylic acids is 4. The Bertz CT molecular complexity index is 1030. The van der Waals surface area contributed by atoms with Crippen molar-refractivity contribution in [3.8, 4) is 6.07 Å². The van der Waals surface area contributed by atoms with Gasteiger partial charge in [0.25, 0.3) is 5.92 Å². The summed E-state index contributed by atoms with van der Waals surface area (Å²) in [6.45, 7) is 0.489. The average Bonchev–Trinajstić information content (AvgIpc) is 2.84. The first-order chi connectivity index (χ1) is 18.3. The minimum Gasteiger partial charge on any atom is -0.356 e. The molecule has 2 aliphatic carbocycles. The number of hydrogen-bond acceptors (Lipinski definition) is 5. The third-order valence-electron chi connectivity index (χ3n) is 8.51. The molecule has 0 spiro atoms. The maximum atomic E-state index is 15.0. The van der Waals surface area contributed by atoms with Gasteiger partial charge in [-0.15, -0.1) is 0 Å². The van der Waals surface area contributed by atoms with Crippen LogP contribution in [0, 0.1) is 29.1 Å². The van der Waals surface area contributed by atoms with Crippen molar-refractivity contribution in [1.82, 2.24) is 20.9 Å². The number of halogens is 5. The lowest BCUT2D eigenvalue weighted by atomic mass is 9.71. The molecule has 2 bridgehead atoms. The normalized spacial score (nSPS) is 29.8. The molecule has 6 atom stereocenters. The summed E-state index contributed by atoms with van der Waals surface area (Å²) in [6, 6.07) is -3.82. The molecule has 4 amide bonds. The number of hydrogen-bond donors (Lipinski definition) is 3. The molecule has 9 nitrogen and oxygen atoms in total. The SMILES string of the molecule is N#C[C@H](C[C@H]1CCCNC1=O)NC(=O)[C@H]1[C@@H]2CC[C@@H](CC2(F)F)N1C(=O)[C@H](CC1CCC1)NC(=O)C(F)(F)F. The highest BCUT2D eigenvalue weighted by Crippen LogP contribution is 2.49. The Morgan fingerprint density at radius 2 is 1.79 bits per heavy atom. The molecule has 3 saturated heterocycles. The first kappa shape index (κ1) is 29.0. The van der Waals surface area contributed by atoms with Crippen molar-refractivity contribution in [3.63, 3.8) is 0 Å². The van der Waals surface area contributed by atoms with Crippen LogP contribution in [0.4, 0.5) is 22.0 Å². The van der Waals surface area contributed by atoms with Gasteiger partial charge in [-0.3, -0.25) is 19.2 Å². The molecule has 3 N–H and O–H groups in total. The third kappa shape index (κ3) is 6.27. The number of nitrogens with one attached hydrogen (secondary N) is 3. The van der Waals surface area contributed by atoms with Crippen LogP contribution in [0.25, 0.3) is 0 Å². The van der Waals surface area contributed by atoms with E-state index in [2.05, 4.69) is 10.6 Å². The molecule has 39 heavy (non-hydrogen) atoms. The van der Waals surface area contributed by atoms with Crippen molar-refractivity contribution in [1.29, 1.82) is 5.26 Å². The lowest BCUT2D eigenvalue weighted by Gasteiger charge is -2.54. The van der Waals surface area contributed by atoms with E-state index >= 15 is 0 Å². The van der Waals surface area contributed by atoms with Crippen LogP contribution < -0.4 is 16.0 Å². The molecule has 5 fully saturated rings. The van der Waals surface area contributed by atoms with Crippen LogP contribution in [-0.2, 0) is 19.2 Å². The minimum atomic E-state index is -5.26. The van der Waals surface area contributed by atoms with E-state index in [9.17, 15) is 46.4 Å². The van der Waals surface area contributed by atoms with E-state index in [1.54, 1.807) is 5.32 Å². The number of carbonyl (C=O) groups is 4. The van der Waals surface area contributed by atoms with E-state index in [1.807, 2.05) is 6.07 Å². The maximum absolute atomic E-state index is 15.0. The van der Waals surface area contributed by atoms with Crippen LogP contribution in [0.2, 0.25) is 0 Å². The predicted octanol–water partition coefficient (Wildman–Crippen LogP) is 2.16. The topological polar surface area (TPSA) is 131 Å². The van der Waals surface area contributed by atoms with Gasteiger partial charge in [-0.25, -0.2) is 8.78 Å². The lowest BCUT2D eigenvalue weighted by Crippen LogP contribution is -2.71. The van der Waals surface area contributed by atoms with Crippen molar-refractivity contribution in [2.45, 2.75) is 100 Å². The summed E-state index contributed by atoms with van der Waals surface area (Å²) in [7, 11) is 0. The fourth-order valence-corrected chi connectivity index (χ4v) is 6.27. The Morgan fingerprint density at radius 3 is 2.36 bits per heavy atom. The molecular formula is C25H32F5N5O4.